The summed E-state index contributed by atoms with van der Waals surface area (Å²) in [6.45, 7) is 0. The van der Waals surface area contributed by atoms with Crippen LogP contribution in [0.25, 0.3) is 0 Å². The molecule has 1 aromatic heterocycles. The second kappa shape index (κ2) is 5.74. The lowest BCUT2D eigenvalue weighted by Crippen LogP contribution is -2.08. The minimum absolute atomic E-state index is 0.0877. The highest BCUT2D eigenvalue weighted by atomic mass is 16.7. The van der Waals surface area contributed by atoms with E-state index in [1.54, 1.807) is 19.3 Å². The van der Waals surface area contributed by atoms with Gasteiger partial charge < -0.3 is 9.40 Å². The van der Waals surface area contributed by atoms with Crippen molar-refractivity contribution in [2.45, 2.75) is 0 Å². The lowest BCUT2D eigenvalue weighted by atomic mass is 10.2. The van der Waals surface area contributed by atoms with Gasteiger partial charge >= 0.3 is 5.97 Å². The first-order valence-corrected chi connectivity index (χ1v) is 5.55. The molecule has 2 aromatic rings. The fourth-order valence-electron chi connectivity index (χ4n) is 1.50. The van der Waals surface area contributed by atoms with Crippen molar-refractivity contribution in [1.82, 2.24) is 9.55 Å². The number of nitro benzene ring substituents is 1. The number of aryl methyl sites for hydroxylation is 1. The standard InChI is InChI=1S/C12H10N4O4/c1-15-7-6-13-11(15)12(17)20-14-8-9-4-2-3-5-10(9)16(18)19/h2-8H,1H3. The molecule has 0 aliphatic heterocycles. The summed E-state index contributed by atoms with van der Waals surface area (Å²) >= 11 is 0. The van der Waals surface area contributed by atoms with Crippen LogP contribution in [0.4, 0.5) is 5.69 Å². The highest BCUT2D eigenvalue weighted by molar-refractivity contribution is 5.88. The molecule has 0 aliphatic rings. The SMILES string of the molecule is Cn1ccnc1C(=O)ON=Cc1ccccc1[N+](=O)[O-]. The molecule has 0 radical (unpaired) electrons. The van der Waals surface area contributed by atoms with Crippen molar-refractivity contribution < 1.29 is 14.6 Å². The largest absolute Gasteiger partial charge is 0.400 e. The molecular weight excluding hydrogens is 264 g/mol. The second-order valence-corrected chi connectivity index (χ2v) is 3.79. The number of hydrogen-bond donors (Lipinski definition) is 0. The van der Waals surface area contributed by atoms with E-state index >= 15 is 0 Å². The third-order valence-electron chi connectivity index (χ3n) is 2.46. The third kappa shape index (κ3) is 2.86. The number of oxime groups is 1. The number of carbonyl (C=O) groups excluding carboxylic acids is 1. The van der Waals surface area contributed by atoms with E-state index in [0.29, 0.717) is 0 Å². The van der Waals surface area contributed by atoms with Crippen LogP contribution in [0.3, 0.4) is 0 Å². The van der Waals surface area contributed by atoms with E-state index < -0.39 is 10.9 Å². The van der Waals surface area contributed by atoms with Gasteiger partial charge in [-0.05, 0) is 6.07 Å². The van der Waals surface area contributed by atoms with Crippen LogP contribution in [-0.4, -0.2) is 26.7 Å². The number of nitro groups is 1. The van der Waals surface area contributed by atoms with Crippen LogP contribution in [0, 0.1) is 10.1 Å². The molecule has 20 heavy (non-hydrogen) atoms. The van der Waals surface area contributed by atoms with Crippen LogP contribution < -0.4 is 0 Å². The quantitative estimate of drug-likeness (QED) is 0.364. The second-order valence-electron chi connectivity index (χ2n) is 3.79. The number of rotatable bonds is 4. The smallest absolute Gasteiger partial charge is 0.328 e. The first-order chi connectivity index (χ1) is 9.59. The van der Waals surface area contributed by atoms with E-state index in [2.05, 4.69) is 15.0 Å². The van der Waals surface area contributed by atoms with Gasteiger partial charge in [0.1, 0.15) is 0 Å². The number of imidazole rings is 1. The van der Waals surface area contributed by atoms with Gasteiger partial charge in [0.25, 0.3) is 5.69 Å². The van der Waals surface area contributed by atoms with Crippen molar-refractivity contribution in [3.05, 3.63) is 58.2 Å². The van der Waals surface area contributed by atoms with Gasteiger partial charge in [-0.25, -0.2) is 9.78 Å². The summed E-state index contributed by atoms with van der Waals surface area (Å²) in [4.78, 5) is 30.2. The molecule has 2 rings (SSSR count). The Morgan fingerprint density at radius 3 is 2.90 bits per heavy atom. The number of aromatic nitrogens is 2. The molecule has 0 saturated carbocycles. The van der Waals surface area contributed by atoms with Crippen molar-refractivity contribution in [3.8, 4) is 0 Å². The van der Waals surface area contributed by atoms with Gasteiger partial charge in [0.2, 0.25) is 5.82 Å². The van der Waals surface area contributed by atoms with Crippen molar-refractivity contribution in [2.75, 3.05) is 0 Å². The maximum atomic E-state index is 11.6. The molecule has 0 spiro atoms. The zero-order valence-corrected chi connectivity index (χ0v) is 10.5. The van der Waals surface area contributed by atoms with Gasteiger partial charge in [-0.1, -0.05) is 17.3 Å². The minimum Gasteiger partial charge on any atom is -0.328 e. The van der Waals surface area contributed by atoms with Crippen molar-refractivity contribution in [3.63, 3.8) is 0 Å². The Kier molecular flexibility index (Phi) is 3.85. The molecular formula is C12H10N4O4. The fourth-order valence-corrected chi connectivity index (χ4v) is 1.50. The molecule has 0 fully saturated rings. The molecule has 0 N–H and O–H groups in total. The van der Waals surface area contributed by atoms with E-state index in [1.807, 2.05) is 0 Å². The van der Waals surface area contributed by atoms with Gasteiger partial charge in [0, 0.05) is 25.5 Å². The van der Waals surface area contributed by atoms with Gasteiger partial charge in [0.05, 0.1) is 16.7 Å². The highest BCUT2D eigenvalue weighted by Crippen LogP contribution is 2.15. The molecule has 0 unspecified atom stereocenters. The number of nitrogens with zero attached hydrogens (tertiary/aromatic N) is 4. The average Bonchev–Trinajstić information content (AvgIpc) is 2.85. The number of benzene rings is 1. The molecule has 0 atom stereocenters. The van der Waals surface area contributed by atoms with E-state index in [9.17, 15) is 14.9 Å². The number of hydrogen-bond acceptors (Lipinski definition) is 6. The van der Waals surface area contributed by atoms with E-state index in [-0.39, 0.29) is 17.1 Å². The Bertz CT molecular complexity index is 678. The van der Waals surface area contributed by atoms with Crippen molar-refractivity contribution in [2.24, 2.45) is 12.2 Å². The highest BCUT2D eigenvalue weighted by Gasteiger charge is 2.13. The third-order valence-corrected chi connectivity index (χ3v) is 2.46. The number of carbonyl (C=O) groups is 1. The molecule has 0 aliphatic carbocycles. The summed E-state index contributed by atoms with van der Waals surface area (Å²) in [7, 11) is 1.63. The van der Waals surface area contributed by atoms with Crippen LogP contribution in [0.2, 0.25) is 0 Å². The minimum atomic E-state index is -0.743. The number of para-hydroxylation sites is 1. The Morgan fingerprint density at radius 1 is 1.50 bits per heavy atom. The molecule has 8 nitrogen and oxygen atoms in total. The summed E-state index contributed by atoms with van der Waals surface area (Å²) in [6, 6.07) is 5.99. The van der Waals surface area contributed by atoms with Gasteiger partial charge in [-0.3, -0.25) is 10.1 Å². The van der Waals surface area contributed by atoms with E-state index in [1.165, 1.54) is 29.0 Å². The van der Waals surface area contributed by atoms with Crippen molar-refractivity contribution in [1.29, 1.82) is 0 Å². The van der Waals surface area contributed by atoms with Gasteiger partial charge in [-0.2, -0.15) is 0 Å². The predicted molar refractivity (Wildman–Crippen MR) is 69.3 cm³/mol. The van der Waals surface area contributed by atoms with E-state index in [0.717, 1.165) is 6.21 Å². The maximum Gasteiger partial charge on any atom is 0.400 e. The summed E-state index contributed by atoms with van der Waals surface area (Å²) in [6.07, 6.45) is 4.14. The normalized spacial score (nSPS) is 10.7. The van der Waals surface area contributed by atoms with Crippen LogP contribution in [0.1, 0.15) is 16.2 Å². The lowest BCUT2D eigenvalue weighted by molar-refractivity contribution is -0.385. The monoisotopic (exact) mass is 274 g/mol. The first kappa shape index (κ1) is 13.4. The van der Waals surface area contributed by atoms with Gasteiger partial charge in [0.15, 0.2) is 0 Å². The Hall–Kier alpha value is -3.03. The zero-order valence-electron chi connectivity index (χ0n) is 10.5. The Morgan fingerprint density at radius 2 is 2.25 bits per heavy atom. The first-order valence-electron chi connectivity index (χ1n) is 5.55. The van der Waals surface area contributed by atoms with Crippen molar-refractivity contribution >= 4 is 17.9 Å². The summed E-state index contributed by atoms with van der Waals surface area (Å²) in [5.74, 6) is -0.656. The van der Waals surface area contributed by atoms with Crippen LogP contribution in [-0.2, 0) is 11.9 Å². The molecule has 8 heteroatoms. The predicted octanol–water partition coefficient (Wildman–Crippen LogP) is 1.52. The Labute approximate surface area is 113 Å². The fraction of sp³-hybridized carbons (Fsp3) is 0.0833. The molecule has 1 heterocycles. The summed E-state index contributed by atoms with van der Waals surface area (Å²) in [5.41, 5.74) is 0.120. The Balaban J connectivity index is 2.10. The van der Waals surface area contributed by atoms with E-state index in [4.69, 9.17) is 0 Å². The molecule has 0 bridgehead atoms. The average molecular weight is 274 g/mol. The molecule has 102 valence electrons. The molecule has 1 aromatic carbocycles. The summed E-state index contributed by atoms with van der Waals surface area (Å²) < 4.78 is 1.48. The van der Waals surface area contributed by atoms with Gasteiger partial charge in [-0.15, -0.1) is 0 Å². The maximum absolute atomic E-state index is 11.6. The molecule has 0 amide bonds. The van der Waals surface area contributed by atoms with Crippen LogP contribution in [0.15, 0.2) is 41.8 Å². The summed E-state index contributed by atoms with van der Waals surface area (Å²) in [5, 5.41) is 14.2. The zero-order chi connectivity index (χ0) is 14.5. The topological polar surface area (TPSA) is 99.6 Å². The molecule has 0 saturated heterocycles. The lowest BCUT2D eigenvalue weighted by Gasteiger charge is -1.98. The van der Waals surface area contributed by atoms with Crippen LogP contribution in [0.5, 0.6) is 0 Å². The van der Waals surface area contributed by atoms with Crippen LogP contribution >= 0.6 is 0 Å².